The Bertz CT molecular complexity index is 548. The molecule has 1 N–H and O–H groups in total. The summed E-state index contributed by atoms with van der Waals surface area (Å²) in [6.45, 7) is 0.953. The van der Waals surface area contributed by atoms with Crippen molar-refractivity contribution < 1.29 is 0 Å². The fourth-order valence-corrected chi connectivity index (χ4v) is 3.56. The number of thioether (sulfide) groups is 1. The number of hydrogen-bond donors (Lipinski definition) is 1. The number of hydrogen-bond acceptors (Lipinski definition) is 6. The van der Waals surface area contributed by atoms with Crippen LogP contribution in [0.1, 0.15) is 32.1 Å². The number of nitrogens with one attached hydrogen (secondary N) is 1. The molecule has 0 saturated heterocycles. The minimum Gasteiger partial charge on any atom is -0.367 e. The van der Waals surface area contributed by atoms with Crippen LogP contribution in [0.5, 0.6) is 0 Å². The zero-order chi connectivity index (χ0) is 13.1. The fraction of sp³-hybridized carbons (Fsp3) is 0.667. The largest absolute Gasteiger partial charge is 0.367 e. The number of tetrazole rings is 1. The van der Waals surface area contributed by atoms with Gasteiger partial charge in [-0.05, 0) is 41.7 Å². The number of anilines is 1. The summed E-state index contributed by atoms with van der Waals surface area (Å²) in [5.41, 5.74) is 0.669. The summed E-state index contributed by atoms with van der Waals surface area (Å²) < 4.78 is 1.81. The van der Waals surface area contributed by atoms with Gasteiger partial charge in [-0.25, -0.2) is 0 Å². The van der Waals surface area contributed by atoms with Crippen molar-refractivity contribution in [3.05, 3.63) is 12.1 Å². The Kier molecular flexibility index (Phi) is 3.54. The van der Waals surface area contributed by atoms with Crippen molar-refractivity contribution in [3.63, 3.8) is 0 Å². The molecule has 2 heterocycles. The van der Waals surface area contributed by atoms with Crippen LogP contribution in [-0.4, -0.2) is 42.8 Å². The molecule has 102 valence electrons. The van der Waals surface area contributed by atoms with Crippen LogP contribution in [0.15, 0.2) is 12.1 Å². The molecule has 0 atom stereocenters. The number of rotatable bonds is 4. The van der Waals surface area contributed by atoms with Crippen molar-refractivity contribution in [1.29, 1.82) is 0 Å². The van der Waals surface area contributed by atoms with E-state index in [1.165, 1.54) is 36.7 Å². The molecule has 3 rings (SSSR count). The van der Waals surface area contributed by atoms with Crippen molar-refractivity contribution in [1.82, 2.24) is 25.3 Å². The van der Waals surface area contributed by atoms with E-state index in [0.717, 1.165) is 12.4 Å². The third-order valence-corrected chi connectivity index (χ3v) is 5.28. The lowest BCUT2D eigenvalue weighted by Gasteiger charge is -2.35. The molecule has 7 heteroatoms. The van der Waals surface area contributed by atoms with Gasteiger partial charge >= 0.3 is 0 Å². The molecule has 1 fully saturated rings. The van der Waals surface area contributed by atoms with Gasteiger partial charge in [0.25, 0.3) is 0 Å². The SMILES string of the molecule is CSC1(CNc2ccc3nnnn3n2)CCCCC1. The molecule has 0 aliphatic heterocycles. The molecular weight excluding hydrogens is 260 g/mol. The van der Waals surface area contributed by atoms with Crippen LogP contribution in [0.3, 0.4) is 0 Å². The standard InChI is InChI=1S/C12H18N6S/c1-19-12(7-3-2-4-8-12)9-13-10-5-6-11-14-16-17-18(11)15-10/h5-6H,2-4,7-9H2,1H3,(H,13,15). The molecule has 0 bridgehead atoms. The minimum absolute atomic E-state index is 0.357. The Labute approximate surface area is 116 Å². The molecule has 0 radical (unpaired) electrons. The maximum atomic E-state index is 4.35. The molecular formula is C12H18N6S. The Morgan fingerprint density at radius 1 is 1.32 bits per heavy atom. The lowest BCUT2D eigenvalue weighted by Crippen LogP contribution is -2.35. The monoisotopic (exact) mass is 278 g/mol. The van der Waals surface area contributed by atoms with Crippen LogP contribution in [-0.2, 0) is 0 Å². The molecule has 0 aromatic carbocycles. The zero-order valence-electron chi connectivity index (χ0n) is 11.0. The summed E-state index contributed by atoms with van der Waals surface area (Å²) in [6, 6.07) is 3.81. The molecule has 0 unspecified atom stereocenters. The molecule has 6 nitrogen and oxygen atoms in total. The Morgan fingerprint density at radius 2 is 2.16 bits per heavy atom. The van der Waals surface area contributed by atoms with Crippen LogP contribution in [0, 0.1) is 0 Å². The van der Waals surface area contributed by atoms with Gasteiger partial charge < -0.3 is 5.32 Å². The highest BCUT2D eigenvalue weighted by Gasteiger charge is 2.30. The van der Waals surface area contributed by atoms with Crippen LogP contribution in [0.2, 0.25) is 0 Å². The van der Waals surface area contributed by atoms with Gasteiger partial charge in [0.15, 0.2) is 5.65 Å². The second-order valence-electron chi connectivity index (χ2n) is 5.05. The van der Waals surface area contributed by atoms with E-state index in [1.54, 1.807) is 0 Å². The highest BCUT2D eigenvalue weighted by molar-refractivity contribution is 8.00. The van der Waals surface area contributed by atoms with Crippen LogP contribution in [0.25, 0.3) is 5.65 Å². The van der Waals surface area contributed by atoms with Gasteiger partial charge in [-0.2, -0.15) is 11.8 Å². The lowest BCUT2D eigenvalue weighted by atomic mass is 9.88. The first-order valence-electron chi connectivity index (χ1n) is 6.66. The third kappa shape index (κ3) is 2.65. The number of aromatic nitrogens is 5. The minimum atomic E-state index is 0.357. The first-order chi connectivity index (χ1) is 9.31. The highest BCUT2D eigenvalue weighted by Crippen LogP contribution is 2.38. The van der Waals surface area contributed by atoms with E-state index >= 15 is 0 Å². The second kappa shape index (κ2) is 5.32. The smallest absolute Gasteiger partial charge is 0.200 e. The molecule has 2 aromatic rings. The first kappa shape index (κ1) is 12.7. The van der Waals surface area contributed by atoms with Crippen molar-refractivity contribution in [2.45, 2.75) is 36.9 Å². The van der Waals surface area contributed by atoms with E-state index in [9.17, 15) is 0 Å². The van der Waals surface area contributed by atoms with E-state index in [1.807, 2.05) is 23.9 Å². The summed E-state index contributed by atoms with van der Waals surface area (Å²) in [6.07, 6.45) is 8.83. The van der Waals surface area contributed by atoms with Crippen molar-refractivity contribution in [3.8, 4) is 0 Å². The van der Waals surface area contributed by atoms with Gasteiger partial charge in [0, 0.05) is 11.3 Å². The average Bonchev–Trinajstić information content (AvgIpc) is 2.93. The maximum absolute atomic E-state index is 4.35. The summed E-state index contributed by atoms with van der Waals surface area (Å²) >= 11 is 1.98. The highest BCUT2D eigenvalue weighted by atomic mass is 32.2. The van der Waals surface area contributed by atoms with Gasteiger partial charge in [0.2, 0.25) is 0 Å². The predicted molar refractivity (Wildman–Crippen MR) is 76.4 cm³/mol. The summed E-state index contributed by atoms with van der Waals surface area (Å²) in [7, 11) is 0. The van der Waals surface area contributed by atoms with E-state index < -0.39 is 0 Å². The van der Waals surface area contributed by atoms with Gasteiger partial charge in [0.05, 0.1) is 0 Å². The summed E-state index contributed by atoms with van der Waals surface area (Å²) in [5, 5.41) is 19.0. The summed E-state index contributed by atoms with van der Waals surface area (Å²) in [5.74, 6) is 0.832. The predicted octanol–water partition coefficient (Wildman–Crippen LogP) is 2.00. The third-order valence-electron chi connectivity index (χ3n) is 3.86. The van der Waals surface area contributed by atoms with Gasteiger partial charge in [-0.3, -0.25) is 0 Å². The van der Waals surface area contributed by atoms with E-state index in [0.29, 0.717) is 10.4 Å². The van der Waals surface area contributed by atoms with E-state index in [4.69, 9.17) is 0 Å². The molecule has 1 saturated carbocycles. The van der Waals surface area contributed by atoms with Crippen LogP contribution < -0.4 is 5.32 Å². The first-order valence-corrected chi connectivity index (χ1v) is 7.88. The topological polar surface area (TPSA) is 68.0 Å². The van der Waals surface area contributed by atoms with Crippen LogP contribution in [0.4, 0.5) is 5.82 Å². The molecule has 2 aromatic heterocycles. The molecule has 0 amide bonds. The zero-order valence-corrected chi connectivity index (χ0v) is 11.9. The average molecular weight is 278 g/mol. The van der Waals surface area contributed by atoms with Gasteiger partial charge in [-0.1, -0.05) is 19.3 Å². The molecule has 1 aliphatic rings. The van der Waals surface area contributed by atoms with E-state index in [2.05, 4.69) is 32.2 Å². The Hall–Kier alpha value is -1.37. The van der Waals surface area contributed by atoms with Crippen molar-refractivity contribution in [2.75, 3.05) is 18.1 Å². The molecule has 19 heavy (non-hydrogen) atoms. The molecule has 0 spiro atoms. The lowest BCUT2D eigenvalue weighted by molar-refractivity contribution is 0.411. The summed E-state index contributed by atoms with van der Waals surface area (Å²) in [4.78, 5) is 0. The maximum Gasteiger partial charge on any atom is 0.200 e. The number of fused-ring (bicyclic) bond motifs is 1. The normalized spacial score (nSPS) is 18.6. The quantitative estimate of drug-likeness (QED) is 0.922. The van der Waals surface area contributed by atoms with Gasteiger partial charge in [0.1, 0.15) is 5.82 Å². The van der Waals surface area contributed by atoms with E-state index in [-0.39, 0.29) is 0 Å². The van der Waals surface area contributed by atoms with Gasteiger partial charge in [-0.15, -0.1) is 14.8 Å². The van der Waals surface area contributed by atoms with Crippen LogP contribution >= 0.6 is 11.8 Å². The Balaban J connectivity index is 1.70. The Morgan fingerprint density at radius 3 is 2.95 bits per heavy atom. The molecule has 1 aliphatic carbocycles. The fourth-order valence-electron chi connectivity index (χ4n) is 2.64. The number of nitrogens with zero attached hydrogens (tertiary/aromatic N) is 5. The van der Waals surface area contributed by atoms with Crippen molar-refractivity contribution >= 4 is 23.2 Å². The van der Waals surface area contributed by atoms with Crippen molar-refractivity contribution in [2.24, 2.45) is 0 Å². The second-order valence-corrected chi connectivity index (χ2v) is 6.32.